The number of anilines is 1. The standard InChI is InChI=1S/C14H31NO3Si4/c1-19(2)16-21(5,6)18-22(7,8)17-20(3,4)14-11-9-13(15)10-12-14/h9-12,19H,15H2,1-8H3. The predicted molar refractivity (Wildman–Crippen MR) is 105 cm³/mol. The maximum Gasteiger partial charge on any atom is 0.312 e. The van der Waals surface area contributed by atoms with Crippen molar-refractivity contribution < 1.29 is 12.3 Å². The van der Waals surface area contributed by atoms with Crippen LogP contribution >= 0.6 is 0 Å². The van der Waals surface area contributed by atoms with E-state index in [0.29, 0.717) is 0 Å². The van der Waals surface area contributed by atoms with Crippen molar-refractivity contribution >= 4 is 45.4 Å². The minimum absolute atomic E-state index is 0.783. The first-order valence-corrected chi connectivity index (χ1v) is 19.1. The van der Waals surface area contributed by atoms with Gasteiger partial charge in [0.1, 0.15) is 0 Å². The molecule has 0 bridgehead atoms. The first kappa shape index (κ1) is 19.8. The molecule has 22 heavy (non-hydrogen) atoms. The molecule has 1 rings (SSSR count). The van der Waals surface area contributed by atoms with Crippen molar-refractivity contribution in [3.63, 3.8) is 0 Å². The van der Waals surface area contributed by atoms with Gasteiger partial charge >= 0.3 is 17.1 Å². The summed E-state index contributed by atoms with van der Waals surface area (Å²) in [5, 5.41) is 1.24. The smallest absolute Gasteiger partial charge is 0.312 e. The molecule has 0 aliphatic heterocycles. The van der Waals surface area contributed by atoms with Gasteiger partial charge in [-0.3, -0.25) is 0 Å². The second-order valence-electron chi connectivity index (χ2n) is 7.30. The molecule has 0 fully saturated rings. The Morgan fingerprint density at radius 3 is 1.77 bits per heavy atom. The first-order chi connectivity index (χ1) is 9.83. The van der Waals surface area contributed by atoms with Gasteiger partial charge in [0.25, 0.3) is 0 Å². The maximum atomic E-state index is 6.55. The molecule has 1 aromatic carbocycles. The van der Waals surface area contributed by atoms with Crippen LogP contribution in [0.25, 0.3) is 0 Å². The highest BCUT2D eigenvalue weighted by atomic mass is 28.5. The second-order valence-corrected chi connectivity index (χ2v) is 21.2. The second kappa shape index (κ2) is 7.12. The fourth-order valence-electron chi connectivity index (χ4n) is 2.76. The molecule has 8 heteroatoms. The normalized spacial score (nSPS) is 13.7. The molecular weight excluding hydrogens is 343 g/mol. The fraction of sp³-hybridized carbons (Fsp3) is 0.571. The van der Waals surface area contributed by atoms with Gasteiger partial charge in [0.2, 0.25) is 8.32 Å². The summed E-state index contributed by atoms with van der Waals surface area (Å²) in [7, 11) is -7.48. The topological polar surface area (TPSA) is 53.7 Å². The average Bonchev–Trinajstić information content (AvgIpc) is 2.23. The summed E-state index contributed by atoms with van der Waals surface area (Å²) < 4.78 is 19.1. The molecule has 0 aliphatic rings. The van der Waals surface area contributed by atoms with Gasteiger partial charge < -0.3 is 18.1 Å². The summed E-state index contributed by atoms with van der Waals surface area (Å²) in [4.78, 5) is 0. The summed E-state index contributed by atoms with van der Waals surface area (Å²) >= 11 is 0. The zero-order chi connectivity index (χ0) is 17.2. The zero-order valence-corrected chi connectivity index (χ0v) is 19.3. The van der Waals surface area contributed by atoms with Crippen LogP contribution in [0, 0.1) is 0 Å². The quantitative estimate of drug-likeness (QED) is 0.589. The van der Waals surface area contributed by atoms with E-state index < -0.39 is 34.5 Å². The van der Waals surface area contributed by atoms with Gasteiger partial charge in [-0.2, -0.15) is 0 Å². The summed E-state index contributed by atoms with van der Waals surface area (Å²) in [5.41, 5.74) is 6.56. The molecule has 4 nitrogen and oxygen atoms in total. The zero-order valence-electron chi connectivity index (χ0n) is 15.2. The van der Waals surface area contributed by atoms with Crippen molar-refractivity contribution in [1.29, 1.82) is 0 Å². The number of hydrogen-bond donors (Lipinski definition) is 1. The third-order valence-electron chi connectivity index (χ3n) is 3.12. The van der Waals surface area contributed by atoms with Crippen LogP contribution in [0.2, 0.25) is 52.4 Å². The lowest BCUT2D eigenvalue weighted by atomic mass is 10.3. The van der Waals surface area contributed by atoms with Crippen molar-refractivity contribution in [2.45, 2.75) is 52.4 Å². The molecule has 0 saturated heterocycles. The van der Waals surface area contributed by atoms with Gasteiger partial charge in [-0.1, -0.05) is 12.1 Å². The van der Waals surface area contributed by atoms with Crippen LogP contribution in [0.3, 0.4) is 0 Å². The Labute approximate surface area is 140 Å². The lowest BCUT2D eigenvalue weighted by Crippen LogP contribution is -2.58. The largest absolute Gasteiger partial charge is 0.440 e. The lowest BCUT2D eigenvalue weighted by molar-refractivity contribution is 0.337. The Hall–Kier alpha value is -0.232. The minimum Gasteiger partial charge on any atom is -0.440 e. The average molecular weight is 374 g/mol. The van der Waals surface area contributed by atoms with E-state index in [1.54, 1.807) is 0 Å². The molecule has 0 radical (unpaired) electrons. The van der Waals surface area contributed by atoms with E-state index in [9.17, 15) is 0 Å². The van der Waals surface area contributed by atoms with Crippen molar-refractivity contribution in [2.75, 3.05) is 5.73 Å². The molecule has 0 aromatic heterocycles. The van der Waals surface area contributed by atoms with Crippen LogP contribution < -0.4 is 10.9 Å². The van der Waals surface area contributed by atoms with Gasteiger partial charge in [0, 0.05) is 5.69 Å². The van der Waals surface area contributed by atoms with Gasteiger partial charge in [-0.25, -0.2) is 0 Å². The van der Waals surface area contributed by atoms with Crippen LogP contribution in [0.15, 0.2) is 24.3 Å². The van der Waals surface area contributed by atoms with Crippen LogP contribution in [0.1, 0.15) is 0 Å². The molecule has 1 aromatic rings. The van der Waals surface area contributed by atoms with Crippen molar-refractivity contribution in [3.8, 4) is 0 Å². The van der Waals surface area contributed by atoms with Crippen molar-refractivity contribution in [1.82, 2.24) is 0 Å². The van der Waals surface area contributed by atoms with Crippen LogP contribution in [-0.4, -0.2) is 34.5 Å². The number of nitrogen functional groups attached to an aromatic ring is 1. The van der Waals surface area contributed by atoms with E-state index in [0.717, 1.165) is 5.69 Å². The van der Waals surface area contributed by atoms with Gasteiger partial charge in [-0.15, -0.1) is 0 Å². The molecule has 0 saturated carbocycles. The Bertz CT molecular complexity index is 489. The van der Waals surface area contributed by atoms with Crippen LogP contribution in [-0.2, 0) is 12.3 Å². The number of nitrogens with two attached hydrogens (primary N) is 1. The summed E-state index contributed by atoms with van der Waals surface area (Å²) in [6.45, 7) is 17.3. The van der Waals surface area contributed by atoms with E-state index in [4.69, 9.17) is 18.1 Å². The first-order valence-electron chi connectivity index (χ1n) is 7.77. The summed E-state index contributed by atoms with van der Waals surface area (Å²) in [5.74, 6) is 0. The van der Waals surface area contributed by atoms with E-state index in [2.05, 4.69) is 64.5 Å². The SMILES string of the molecule is C[SiH](C)O[Si](C)(C)O[Si](C)(C)O[Si](C)(C)c1ccc(N)cc1. The van der Waals surface area contributed by atoms with E-state index in [1.807, 2.05) is 12.1 Å². The molecule has 0 amide bonds. The monoisotopic (exact) mass is 373 g/mol. The van der Waals surface area contributed by atoms with E-state index in [1.165, 1.54) is 5.19 Å². The highest BCUT2D eigenvalue weighted by Crippen LogP contribution is 2.22. The predicted octanol–water partition coefficient (Wildman–Crippen LogP) is 3.12. The third-order valence-corrected chi connectivity index (χ3v) is 16.9. The van der Waals surface area contributed by atoms with Crippen molar-refractivity contribution in [3.05, 3.63) is 24.3 Å². The van der Waals surface area contributed by atoms with Gasteiger partial charge in [0.05, 0.1) is 0 Å². The summed E-state index contributed by atoms with van der Waals surface area (Å²) in [6.07, 6.45) is 0. The van der Waals surface area contributed by atoms with Gasteiger partial charge in [-0.05, 0) is 69.7 Å². The Balaban J connectivity index is 2.83. The Morgan fingerprint density at radius 1 is 0.818 bits per heavy atom. The highest BCUT2D eigenvalue weighted by Gasteiger charge is 2.41. The van der Waals surface area contributed by atoms with E-state index >= 15 is 0 Å². The van der Waals surface area contributed by atoms with Crippen molar-refractivity contribution in [2.24, 2.45) is 0 Å². The third kappa shape index (κ3) is 6.48. The number of hydrogen-bond acceptors (Lipinski definition) is 4. The maximum absolute atomic E-state index is 6.55. The molecule has 0 heterocycles. The molecular formula is C14H31NO3Si4. The van der Waals surface area contributed by atoms with Gasteiger partial charge in [0.15, 0.2) is 9.04 Å². The van der Waals surface area contributed by atoms with Crippen LogP contribution in [0.4, 0.5) is 5.69 Å². The molecule has 0 unspecified atom stereocenters. The summed E-state index contributed by atoms with van der Waals surface area (Å²) in [6, 6.07) is 8.03. The molecule has 0 spiro atoms. The number of benzene rings is 1. The fourth-order valence-corrected chi connectivity index (χ4v) is 19.6. The molecule has 126 valence electrons. The Morgan fingerprint density at radius 2 is 1.32 bits per heavy atom. The van der Waals surface area contributed by atoms with Crippen LogP contribution in [0.5, 0.6) is 0 Å². The molecule has 0 aliphatic carbocycles. The number of rotatable bonds is 7. The highest BCUT2D eigenvalue weighted by molar-refractivity contribution is 6.93. The molecule has 2 N–H and O–H groups in total. The lowest BCUT2D eigenvalue weighted by Gasteiger charge is -2.39. The minimum atomic E-state index is -2.25. The molecule has 0 atom stereocenters. The Kier molecular flexibility index (Phi) is 6.41. The van der Waals surface area contributed by atoms with E-state index in [-0.39, 0.29) is 0 Å².